The zero-order chi connectivity index (χ0) is 31.5. The summed E-state index contributed by atoms with van der Waals surface area (Å²) in [5.41, 5.74) is 5.09. The molecule has 1 N–H and O–H groups in total. The van der Waals surface area contributed by atoms with Crippen LogP contribution < -0.4 is 9.46 Å². The summed E-state index contributed by atoms with van der Waals surface area (Å²) in [6.07, 6.45) is 7.36. The third-order valence-corrected chi connectivity index (χ3v) is 12.2. The van der Waals surface area contributed by atoms with Crippen molar-refractivity contribution >= 4 is 32.9 Å². The molecule has 0 saturated heterocycles. The van der Waals surface area contributed by atoms with E-state index >= 15 is 0 Å². The van der Waals surface area contributed by atoms with Crippen LogP contribution in [0.2, 0.25) is 0 Å². The Balaban J connectivity index is 1.50. The standard InChI is InChI=1S/C34H42N4O6S/c1-36-15-17-44-18-16-37(2)45(41,42)35-32(39)23-9-11-26-29(19-23)38-21-34(33(36)40)14-13-28(34)27-20-24(43-3)10-12-25(27)31(38)30(26)22-7-5-4-6-8-22/h9-12,19-20,22,28H,4-8,13-18,21H2,1-3H3,(H,35,39)/t28-,34-/m1/s1. The molecule has 4 aliphatic rings. The molecule has 240 valence electrons. The fourth-order valence-corrected chi connectivity index (χ4v) is 9.01. The first-order valence-electron chi connectivity index (χ1n) is 16.1. The van der Waals surface area contributed by atoms with E-state index < -0.39 is 21.5 Å². The fourth-order valence-electron chi connectivity index (χ4n) is 8.19. The van der Waals surface area contributed by atoms with Crippen molar-refractivity contribution in [2.75, 3.05) is 47.5 Å². The van der Waals surface area contributed by atoms with Crippen molar-refractivity contribution in [3.8, 4) is 17.0 Å². The fraction of sp³-hybridized carbons (Fsp3) is 0.529. The summed E-state index contributed by atoms with van der Waals surface area (Å²) >= 11 is 0. The average Bonchev–Trinajstić information content (AvgIpc) is 3.30. The van der Waals surface area contributed by atoms with Gasteiger partial charge >= 0.3 is 10.2 Å². The monoisotopic (exact) mass is 634 g/mol. The minimum Gasteiger partial charge on any atom is -0.497 e. The molecule has 10 nitrogen and oxygen atoms in total. The molecular weight excluding hydrogens is 592 g/mol. The van der Waals surface area contributed by atoms with E-state index in [4.69, 9.17) is 9.47 Å². The highest BCUT2D eigenvalue weighted by atomic mass is 32.2. The van der Waals surface area contributed by atoms with Gasteiger partial charge in [-0.15, -0.1) is 0 Å². The van der Waals surface area contributed by atoms with Crippen LogP contribution in [0.3, 0.4) is 0 Å². The van der Waals surface area contributed by atoms with E-state index in [1.807, 2.05) is 25.2 Å². The molecule has 2 atom stereocenters. The lowest BCUT2D eigenvalue weighted by Crippen LogP contribution is -2.53. The Hall–Kier alpha value is -3.41. The molecule has 0 radical (unpaired) electrons. The second-order valence-corrected chi connectivity index (χ2v) is 15.0. The van der Waals surface area contributed by atoms with Crippen molar-refractivity contribution in [3.63, 3.8) is 0 Å². The van der Waals surface area contributed by atoms with Crippen LogP contribution in [-0.2, 0) is 26.3 Å². The Morgan fingerprint density at radius 2 is 1.76 bits per heavy atom. The molecule has 7 rings (SSSR count). The molecule has 3 aromatic rings. The number of benzene rings is 2. The van der Waals surface area contributed by atoms with Crippen LogP contribution >= 0.6 is 0 Å². The van der Waals surface area contributed by atoms with E-state index in [0.717, 1.165) is 76.3 Å². The summed E-state index contributed by atoms with van der Waals surface area (Å²) in [6.45, 7) is 1.35. The molecule has 2 aliphatic carbocycles. The number of aromatic nitrogens is 1. The zero-order valence-electron chi connectivity index (χ0n) is 26.3. The Morgan fingerprint density at radius 1 is 0.978 bits per heavy atom. The molecule has 3 heterocycles. The Kier molecular flexibility index (Phi) is 7.69. The number of methoxy groups -OCH3 is 1. The number of rotatable bonds is 2. The first kappa shape index (κ1) is 30.3. The van der Waals surface area contributed by atoms with Crippen LogP contribution in [0, 0.1) is 5.41 Å². The quantitative estimate of drug-likeness (QED) is 0.440. The molecule has 1 spiro atoms. The minimum absolute atomic E-state index is 0.0139. The van der Waals surface area contributed by atoms with Crippen molar-refractivity contribution in [3.05, 3.63) is 53.1 Å². The second kappa shape index (κ2) is 11.4. The first-order chi connectivity index (χ1) is 21.6. The van der Waals surface area contributed by atoms with E-state index in [-0.39, 0.29) is 37.1 Å². The van der Waals surface area contributed by atoms with Gasteiger partial charge in [-0.2, -0.15) is 12.7 Å². The van der Waals surface area contributed by atoms with Crippen LogP contribution in [0.1, 0.15) is 78.3 Å². The maximum absolute atomic E-state index is 14.6. The van der Waals surface area contributed by atoms with E-state index in [9.17, 15) is 18.0 Å². The SMILES string of the molecule is COc1ccc2c(c1)[C@H]1CC[C@@]13Cn1c-2c(C2CCCCC2)c2ccc(cc21)C(=O)NS(=O)(=O)N(C)CCOCCN(C)C3=O. The molecule has 2 amide bonds. The lowest BCUT2D eigenvalue weighted by atomic mass is 9.56. The van der Waals surface area contributed by atoms with Crippen molar-refractivity contribution in [1.29, 1.82) is 0 Å². The minimum atomic E-state index is -4.08. The predicted octanol–water partition coefficient (Wildman–Crippen LogP) is 4.64. The molecule has 11 heteroatoms. The summed E-state index contributed by atoms with van der Waals surface area (Å²) in [5.74, 6) is 0.533. The normalized spacial score (nSPS) is 26.1. The highest BCUT2D eigenvalue weighted by Crippen LogP contribution is 2.61. The molecule has 4 bridgehead atoms. The molecule has 2 aromatic carbocycles. The third-order valence-electron chi connectivity index (χ3n) is 10.8. The van der Waals surface area contributed by atoms with Crippen molar-refractivity contribution < 1.29 is 27.5 Å². The number of amides is 2. The van der Waals surface area contributed by atoms with Crippen molar-refractivity contribution in [2.24, 2.45) is 5.41 Å². The number of nitrogens with zero attached hydrogens (tertiary/aromatic N) is 3. The van der Waals surface area contributed by atoms with Gasteiger partial charge in [-0.05, 0) is 73.1 Å². The van der Waals surface area contributed by atoms with Gasteiger partial charge in [-0.25, -0.2) is 4.72 Å². The van der Waals surface area contributed by atoms with Gasteiger partial charge in [0, 0.05) is 61.7 Å². The van der Waals surface area contributed by atoms with E-state index in [1.54, 1.807) is 18.1 Å². The Labute approximate surface area is 264 Å². The lowest BCUT2D eigenvalue weighted by Gasteiger charge is -2.49. The Morgan fingerprint density at radius 3 is 2.49 bits per heavy atom. The van der Waals surface area contributed by atoms with Crippen LogP contribution in [-0.4, -0.2) is 81.5 Å². The summed E-state index contributed by atoms with van der Waals surface area (Å²) in [4.78, 5) is 29.8. The van der Waals surface area contributed by atoms with Gasteiger partial charge in [0.25, 0.3) is 5.91 Å². The molecular formula is C34H42N4O6S. The average molecular weight is 635 g/mol. The van der Waals surface area contributed by atoms with Crippen LogP contribution in [0.25, 0.3) is 22.2 Å². The maximum atomic E-state index is 14.6. The second-order valence-electron chi connectivity index (χ2n) is 13.2. The van der Waals surface area contributed by atoms with E-state index in [1.165, 1.54) is 19.0 Å². The molecule has 2 aliphatic heterocycles. The van der Waals surface area contributed by atoms with Crippen molar-refractivity contribution in [2.45, 2.75) is 63.3 Å². The maximum Gasteiger partial charge on any atom is 0.303 e. The van der Waals surface area contributed by atoms with E-state index in [0.29, 0.717) is 19.0 Å². The van der Waals surface area contributed by atoms with Gasteiger partial charge in [0.15, 0.2) is 0 Å². The van der Waals surface area contributed by atoms with Gasteiger partial charge in [0.1, 0.15) is 5.75 Å². The van der Waals surface area contributed by atoms with Gasteiger partial charge in [-0.3, -0.25) is 9.59 Å². The van der Waals surface area contributed by atoms with Gasteiger partial charge in [0.05, 0.1) is 31.4 Å². The summed E-state index contributed by atoms with van der Waals surface area (Å²) in [7, 11) is 0.841. The molecule has 2 fully saturated rings. The molecule has 2 saturated carbocycles. The van der Waals surface area contributed by atoms with Crippen LogP contribution in [0.15, 0.2) is 36.4 Å². The highest BCUT2D eigenvalue weighted by molar-refractivity contribution is 7.87. The highest BCUT2D eigenvalue weighted by Gasteiger charge is 2.57. The number of likely N-dealkylation sites (N-methyl/N-ethyl adjacent to an activating group) is 2. The number of nitrogens with one attached hydrogen (secondary N) is 1. The Bertz CT molecular complexity index is 1780. The van der Waals surface area contributed by atoms with Crippen molar-refractivity contribution in [1.82, 2.24) is 18.5 Å². The molecule has 1 aromatic heterocycles. The van der Waals surface area contributed by atoms with Crippen LogP contribution in [0.5, 0.6) is 5.75 Å². The number of hydrogen-bond donors (Lipinski definition) is 1. The summed E-state index contributed by atoms with van der Waals surface area (Å²) < 4.78 is 43.1. The topological polar surface area (TPSA) is 110 Å². The van der Waals surface area contributed by atoms with Gasteiger partial charge in [-0.1, -0.05) is 25.3 Å². The van der Waals surface area contributed by atoms with Gasteiger partial charge in [0.2, 0.25) is 5.91 Å². The van der Waals surface area contributed by atoms with E-state index in [2.05, 4.69) is 21.4 Å². The number of ether oxygens (including phenoxy) is 2. The van der Waals surface area contributed by atoms with Crippen LogP contribution in [0.4, 0.5) is 0 Å². The lowest BCUT2D eigenvalue weighted by molar-refractivity contribution is -0.150. The molecule has 0 unspecified atom stereocenters. The molecule has 45 heavy (non-hydrogen) atoms. The smallest absolute Gasteiger partial charge is 0.303 e. The third kappa shape index (κ3) is 4.94. The first-order valence-corrected chi connectivity index (χ1v) is 17.5. The summed E-state index contributed by atoms with van der Waals surface area (Å²) in [5, 5.41) is 1.07. The number of hydrogen-bond acceptors (Lipinski definition) is 6. The number of carbonyl (C=O) groups is 2. The number of carbonyl (C=O) groups excluding carboxylic acids is 2. The summed E-state index contributed by atoms with van der Waals surface area (Å²) in [6, 6.07) is 11.8. The largest absolute Gasteiger partial charge is 0.497 e. The predicted molar refractivity (Wildman–Crippen MR) is 172 cm³/mol. The van der Waals surface area contributed by atoms with Gasteiger partial charge < -0.3 is 18.9 Å². The zero-order valence-corrected chi connectivity index (χ0v) is 27.1. The number of fused-ring (bicyclic) bond motifs is 4.